The molecule has 2 N–H and O–H groups in total. The molecule has 29 heavy (non-hydrogen) atoms. The zero-order valence-corrected chi connectivity index (χ0v) is 21.2. The van der Waals surface area contributed by atoms with Gasteiger partial charge in [-0.3, -0.25) is 9.79 Å². The van der Waals surface area contributed by atoms with Gasteiger partial charge < -0.3 is 15.5 Å². The van der Waals surface area contributed by atoms with Crippen LogP contribution in [0, 0.1) is 5.92 Å². The second-order valence-corrected chi connectivity index (χ2v) is 10.1. The van der Waals surface area contributed by atoms with Crippen LogP contribution in [-0.4, -0.2) is 81.1 Å². The fraction of sp³-hybridized carbons (Fsp3) is 0.895. The van der Waals surface area contributed by atoms with Gasteiger partial charge in [0.2, 0.25) is 15.9 Å². The van der Waals surface area contributed by atoms with Crippen molar-refractivity contribution < 1.29 is 13.2 Å². The molecule has 0 bridgehead atoms. The van der Waals surface area contributed by atoms with E-state index in [0.29, 0.717) is 25.4 Å². The molecule has 1 unspecified atom stereocenters. The van der Waals surface area contributed by atoms with Gasteiger partial charge in [0.05, 0.1) is 5.75 Å². The number of likely N-dealkylation sites (tertiary alicyclic amines) is 1. The van der Waals surface area contributed by atoms with E-state index in [1.165, 1.54) is 17.1 Å². The molecule has 1 atom stereocenters. The van der Waals surface area contributed by atoms with Gasteiger partial charge in [-0.15, -0.1) is 24.0 Å². The smallest absolute Gasteiger partial charge is 0.225 e. The Morgan fingerprint density at radius 1 is 1.21 bits per heavy atom. The van der Waals surface area contributed by atoms with Crippen molar-refractivity contribution in [3.05, 3.63) is 0 Å². The lowest BCUT2D eigenvalue weighted by Gasteiger charge is -2.21. The molecule has 170 valence electrons. The number of guanidine groups is 1. The highest BCUT2D eigenvalue weighted by Crippen LogP contribution is 2.27. The Morgan fingerprint density at radius 3 is 2.52 bits per heavy atom. The molecule has 2 fully saturated rings. The zero-order chi connectivity index (χ0) is 20.6. The van der Waals surface area contributed by atoms with Gasteiger partial charge in [-0.2, -0.15) is 0 Å². The van der Waals surface area contributed by atoms with Gasteiger partial charge in [-0.05, 0) is 39.5 Å². The van der Waals surface area contributed by atoms with Crippen molar-refractivity contribution in [2.45, 2.75) is 58.4 Å². The van der Waals surface area contributed by atoms with E-state index in [1.54, 1.807) is 14.0 Å². The predicted octanol–water partition coefficient (Wildman–Crippen LogP) is 1.62. The Balaban J connectivity index is 0.00000420. The molecule has 2 aliphatic rings. The first-order chi connectivity index (χ1) is 13.4. The number of hydrogen-bond acceptors (Lipinski definition) is 4. The van der Waals surface area contributed by atoms with Crippen LogP contribution >= 0.6 is 24.0 Å². The summed E-state index contributed by atoms with van der Waals surface area (Å²) in [6.07, 6.45) is 6.04. The molecule has 1 saturated heterocycles. The van der Waals surface area contributed by atoms with Crippen LogP contribution in [0.15, 0.2) is 4.99 Å². The van der Waals surface area contributed by atoms with Gasteiger partial charge in [-0.25, -0.2) is 12.7 Å². The third-order valence-electron chi connectivity index (χ3n) is 5.63. The van der Waals surface area contributed by atoms with Crippen molar-refractivity contribution in [3.8, 4) is 0 Å². The average Bonchev–Trinajstić information content (AvgIpc) is 3.36. The van der Waals surface area contributed by atoms with Crippen LogP contribution in [0.3, 0.4) is 0 Å². The normalized spacial score (nSPS) is 20.8. The van der Waals surface area contributed by atoms with Crippen molar-refractivity contribution in [3.63, 3.8) is 0 Å². The van der Waals surface area contributed by atoms with Crippen molar-refractivity contribution in [2.24, 2.45) is 10.9 Å². The van der Waals surface area contributed by atoms with Gasteiger partial charge in [-0.1, -0.05) is 12.8 Å². The molecule has 0 aromatic carbocycles. The summed E-state index contributed by atoms with van der Waals surface area (Å²) in [6, 6.07) is 0.214. The summed E-state index contributed by atoms with van der Waals surface area (Å²) in [5.74, 6) is 1.42. The lowest BCUT2D eigenvalue weighted by Crippen LogP contribution is -2.45. The number of nitrogens with zero attached hydrogens (tertiary/aromatic N) is 3. The number of halogens is 1. The number of sulfonamides is 1. The van der Waals surface area contributed by atoms with Gasteiger partial charge in [0, 0.05) is 51.7 Å². The molecule has 0 radical (unpaired) electrons. The van der Waals surface area contributed by atoms with E-state index in [9.17, 15) is 13.2 Å². The number of aliphatic imine (C=N–C) groups is 1. The van der Waals surface area contributed by atoms with E-state index in [-0.39, 0.29) is 41.7 Å². The van der Waals surface area contributed by atoms with Crippen LogP contribution in [0.5, 0.6) is 0 Å². The third-order valence-corrected chi connectivity index (χ3v) is 7.49. The highest BCUT2D eigenvalue weighted by molar-refractivity contribution is 14.0. The average molecular weight is 544 g/mol. The largest absolute Gasteiger partial charge is 0.357 e. The minimum atomic E-state index is -3.13. The Bertz CT molecular complexity index is 638. The molecule has 1 amide bonds. The van der Waals surface area contributed by atoms with E-state index in [2.05, 4.69) is 15.6 Å². The molecule has 1 heterocycles. The molecule has 8 nitrogen and oxygen atoms in total. The maximum absolute atomic E-state index is 12.6. The van der Waals surface area contributed by atoms with Crippen LogP contribution in [-0.2, 0) is 14.8 Å². The summed E-state index contributed by atoms with van der Waals surface area (Å²) in [5.41, 5.74) is 0. The Morgan fingerprint density at radius 2 is 1.90 bits per heavy atom. The summed E-state index contributed by atoms with van der Waals surface area (Å²) in [7, 11) is -1.52. The maximum Gasteiger partial charge on any atom is 0.225 e. The number of nitrogens with one attached hydrogen (secondary N) is 2. The molecular weight excluding hydrogens is 505 g/mol. The summed E-state index contributed by atoms with van der Waals surface area (Å²) in [5, 5.41) is 6.68. The standard InChI is InChI=1S/C19H37N5O3S.HI/c1-4-20-19(21-12-8-13-23(3)28(26,27)5-2)22-17-11-14-24(15-17)18(25)16-9-6-7-10-16;/h16-17H,4-15H2,1-3H3,(H2,20,21,22);1H. The van der Waals surface area contributed by atoms with Crippen LogP contribution in [0.25, 0.3) is 0 Å². The van der Waals surface area contributed by atoms with Gasteiger partial charge in [0.1, 0.15) is 0 Å². The first kappa shape index (κ1) is 26.4. The Labute approximate surface area is 193 Å². The number of hydrogen-bond donors (Lipinski definition) is 2. The lowest BCUT2D eigenvalue weighted by atomic mass is 10.1. The van der Waals surface area contributed by atoms with Crippen LogP contribution in [0.1, 0.15) is 52.4 Å². The maximum atomic E-state index is 12.6. The number of amides is 1. The number of carbonyl (C=O) groups is 1. The van der Waals surface area contributed by atoms with Gasteiger partial charge >= 0.3 is 0 Å². The fourth-order valence-electron chi connectivity index (χ4n) is 3.87. The van der Waals surface area contributed by atoms with Crippen molar-refractivity contribution in [1.29, 1.82) is 0 Å². The molecule has 2 rings (SSSR count). The first-order valence-corrected chi connectivity index (χ1v) is 12.3. The molecule has 0 aromatic heterocycles. The second-order valence-electron chi connectivity index (χ2n) is 7.73. The monoisotopic (exact) mass is 543 g/mol. The van der Waals surface area contributed by atoms with Crippen LogP contribution in [0.2, 0.25) is 0 Å². The highest BCUT2D eigenvalue weighted by atomic mass is 127. The highest BCUT2D eigenvalue weighted by Gasteiger charge is 2.32. The summed E-state index contributed by atoms with van der Waals surface area (Å²) in [4.78, 5) is 19.2. The summed E-state index contributed by atoms with van der Waals surface area (Å²) in [6.45, 7) is 6.99. The molecular formula is C19H38IN5O3S. The van der Waals surface area contributed by atoms with E-state index in [4.69, 9.17) is 0 Å². The van der Waals surface area contributed by atoms with Crippen LogP contribution in [0.4, 0.5) is 0 Å². The molecule has 1 saturated carbocycles. The second kappa shape index (κ2) is 12.9. The first-order valence-electron chi connectivity index (χ1n) is 10.6. The molecule has 1 aliphatic heterocycles. The zero-order valence-electron chi connectivity index (χ0n) is 18.0. The van der Waals surface area contributed by atoms with Gasteiger partial charge in [0.15, 0.2) is 5.96 Å². The number of carbonyl (C=O) groups excluding carboxylic acids is 1. The SMILES string of the molecule is CCNC(=NCCCN(C)S(=O)(=O)CC)NC1CCN(C(=O)C2CCCC2)C1.I. The Hall–Kier alpha value is -0.620. The third kappa shape index (κ3) is 8.20. The number of rotatable bonds is 9. The van der Waals surface area contributed by atoms with E-state index in [0.717, 1.165) is 44.9 Å². The predicted molar refractivity (Wildman–Crippen MR) is 128 cm³/mol. The summed E-state index contributed by atoms with van der Waals surface area (Å²) >= 11 is 0. The minimum Gasteiger partial charge on any atom is -0.357 e. The quantitative estimate of drug-likeness (QED) is 0.200. The lowest BCUT2D eigenvalue weighted by molar-refractivity contribution is -0.134. The molecule has 10 heteroatoms. The van der Waals surface area contributed by atoms with Crippen LogP contribution < -0.4 is 10.6 Å². The fourth-order valence-corrected chi connectivity index (χ4v) is 4.71. The van der Waals surface area contributed by atoms with E-state index >= 15 is 0 Å². The Kier molecular flexibility index (Phi) is 11.8. The summed E-state index contributed by atoms with van der Waals surface area (Å²) < 4.78 is 24.9. The minimum absolute atomic E-state index is 0. The van der Waals surface area contributed by atoms with Crippen molar-refractivity contribution in [1.82, 2.24) is 19.8 Å². The molecule has 1 aliphatic carbocycles. The topological polar surface area (TPSA) is 94.1 Å². The van der Waals surface area contributed by atoms with Gasteiger partial charge in [0.25, 0.3) is 0 Å². The van der Waals surface area contributed by atoms with E-state index in [1.807, 2.05) is 11.8 Å². The molecule has 0 spiro atoms. The van der Waals surface area contributed by atoms with Crippen molar-refractivity contribution in [2.75, 3.05) is 45.5 Å². The van der Waals surface area contributed by atoms with Crippen molar-refractivity contribution >= 4 is 45.9 Å². The molecule has 0 aromatic rings. The van der Waals surface area contributed by atoms with E-state index < -0.39 is 10.0 Å².